The largest absolute Gasteiger partial charge is 0.389 e. The fraction of sp³-hybridized carbons (Fsp3) is 0.133. The minimum Gasteiger partial charge on any atom is -0.389 e. The number of hydrogen-bond acceptors (Lipinski definition) is 3. The number of sulfonamides is 1. The van der Waals surface area contributed by atoms with Crippen molar-refractivity contribution in [2.75, 3.05) is 11.4 Å². The number of nitrogens with two attached hydrogens (primary N) is 1. The zero-order valence-electron chi connectivity index (χ0n) is 11.8. The van der Waals surface area contributed by atoms with E-state index in [2.05, 4.69) is 0 Å². The van der Waals surface area contributed by atoms with Gasteiger partial charge in [-0.05, 0) is 30.7 Å². The van der Waals surface area contributed by atoms with Crippen LogP contribution < -0.4 is 10.0 Å². The van der Waals surface area contributed by atoms with E-state index in [0.717, 1.165) is 0 Å². The molecule has 2 rings (SSSR count). The highest BCUT2D eigenvalue weighted by molar-refractivity contribution is 7.92. The van der Waals surface area contributed by atoms with Crippen molar-refractivity contribution in [1.82, 2.24) is 0 Å². The molecule has 0 aliphatic heterocycles. The van der Waals surface area contributed by atoms with Crippen molar-refractivity contribution in [2.24, 2.45) is 5.73 Å². The summed E-state index contributed by atoms with van der Waals surface area (Å²) in [5.41, 5.74) is 7.37. The van der Waals surface area contributed by atoms with E-state index in [1.807, 2.05) is 6.07 Å². The van der Waals surface area contributed by atoms with E-state index < -0.39 is 10.0 Å². The molecule has 0 atom stereocenters. The van der Waals surface area contributed by atoms with Gasteiger partial charge >= 0.3 is 0 Å². The minimum absolute atomic E-state index is 0.175. The van der Waals surface area contributed by atoms with Crippen molar-refractivity contribution in [1.29, 1.82) is 0 Å². The molecule has 2 aromatic rings. The molecule has 0 spiro atoms. The molecule has 0 fully saturated rings. The lowest BCUT2D eigenvalue weighted by Crippen LogP contribution is -2.27. The van der Waals surface area contributed by atoms with Crippen molar-refractivity contribution in [3.8, 4) is 0 Å². The van der Waals surface area contributed by atoms with E-state index in [9.17, 15) is 8.42 Å². The third-order valence-electron chi connectivity index (χ3n) is 3.23. The molecule has 0 unspecified atom stereocenters. The van der Waals surface area contributed by atoms with Gasteiger partial charge in [-0.25, -0.2) is 8.42 Å². The van der Waals surface area contributed by atoms with Crippen LogP contribution >= 0.6 is 12.2 Å². The lowest BCUT2D eigenvalue weighted by Gasteiger charge is -2.21. The zero-order chi connectivity index (χ0) is 15.6. The van der Waals surface area contributed by atoms with E-state index in [-0.39, 0.29) is 9.88 Å². The lowest BCUT2D eigenvalue weighted by molar-refractivity contribution is 0.594. The maximum atomic E-state index is 12.8. The molecule has 0 radical (unpaired) electrons. The van der Waals surface area contributed by atoms with Gasteiger partial charge < -0.3 is 5.73 Å². The number of rotatable bonds is 4. The zero-order valence-corrected chi connectivity index (χ0v) is 13.4. The molecule has 0 aromatic heterocycles. The van der Waals surface area contributed by atoms with Gasteiger partial charge in [0.1, 0.15) is 4.99 Å². The Labute approximate surface area is 130 Å². The predicted octanol–water partition coefficient (Wildman–Crippen LogP) is 2.45. The van der Waals surface area contributed by atoms with Gasteiger partial charge in [0.15, 0.2) is 0 Å². The summed E-state index contributed by atoms with van der Waals surface area (Å²) in [6.07, 6.45) is 0. The summed E-state index contributed by atoms with van der Waals surface area (Å²) in [6.45, 7) is 1.75. The Balaban J connectivity index is 2.54. The average Bonchev–Trinajstić information content (AvgIpc) is 2.47. The maximum Gasteiger partial charge on any atom is 0.264 e. The van der Waals surface area contributed by atoms with E-state index in [1.54, 1.807) is 43.3 Å². The molecular weight excluding hydrogens is 304 g/mol. The number of thiocarbonyl (C=S) groups is 1. The first-order valence-corrected chi connectivity index (χ1v) is 8.13. The quantitative estimate of drug-likeness (QED) is 0.879. The van der Waals surface area contributed by atoms with Crippen LogP contribution in [0.4, 0.5) is 5.69 Å². The fourth-order valence-electron chi connectivity index (χ4n) is 1.96. The van der Waals surface area contributed by atoms with Gasteiger partial charge in [0, 0.05) is 12.6 Å². The lowest BCUT2D eigenvalue weighted by atomic mass is 10.1. The van der Waals surface area contributed by atoms with Crippen molar-refractivity contribution in [3.63, 3.8) is 0 Å². The summed E-state index contributed by atoms with van der Waals surface area (Å²) in [5, 5.41) is 0. The highest BCUT2D eigenvalue weighted by Gasteiger charge is 2.23. The van der Waals surface area contributed by atoms with Crippen LogP contribution in [0.25, 0.3) is 0 Å². The summed E-state index contributed by atoms with van der Waals surface area (Å²) < 4.78 is 26.8. The molecule has 6 heteroatoms. The molecule has 0 saturated heterocycles. The summed E-state index contributed by atoms with van der Waals surface area (Å²) in [5.74, 6) is 0. The van der Waals surface area contributed by atoms with Crippen LogP contribution in [0.5, 0.6) is 0 Å². The number of para-hydroxylation sites is 1. The monoisotopic (exact) mass is 320 g/mol. The number of nitrogens with zero attached hydrogens (tertiary/aromatic N) is 1. The minimum atomic E-state index is -3.66. The molecule has 0 saturated carbocycles. The second-order valence-electron chi connectivity index (χ2n) is 4.65. The van der Waals surface area contributed by atoms with Crippen LogP contribution in [0, 0.1) is 6.92 Å². The van der Waals surface area contributed by atoms with Crippen molar-refractivity contribution < 1.29 is 8.42 Å². The third kappa shape index (κ3) is 3.06. The molecule has 21 heavy (non-hydrogen) atoms. The maximum absolute atomic E-state index is 12.8. The van der Waals surface area contributed by atoms with Crippen LogP contribution in [-0.2, 0) is 10.0 Å². The number of benzene rings is 2. The number of hydrogen-bond donors (Lipinski definition) is 1. The molecule has 0 heterocycles. The van der Waals surface area contributed by atoms with Gasteiger partial charge in [0.25, 0.3) is 10.0 Å². The van der Waals surface area contributed by atoms with E-state index in [1.165, 1.54) is 17.4 Å². The second-order valence-corrected chi connectivity index (χ2v) is 7.03. The molecule has 0 aliphatic carbocycles. The van der Waals surface area contributed by atoms with Gasteiger partial charge in [-0.3, -0.25) is 4.31 Å². The Kier molecular flexibility index (Phi) is 4.29. The summed E-state index contributed by atoms with van der Waals surface area (Å²) in [4.78, 5) is 0.382. The Morgan fingerprint density at radius 1 is 1.14 bits per heavy atom. The highest BCUT2D eigenvalue weighted by Crippen LogP contribution is 2.25. The van der Waals surface area contributed by atoms with Gasteiger partial charge in [-0.15, -0.1) is 0 Å². The molecule has 2 aromatic carbocycles. The van der Waals surface area contributed by atoms with Gasteiger partial charge in [-0.1, -0.05) is 42.5 Å². The number of aryl methyl sites for hydroxylation is 1. The average molecular weight is 320 g/mol. The first-order valence-electron chi connectivity index (χ1n) is 6.28. The van der Waals surface area contributed by atoms with E-state index in [0.29, 0.717) is 16.8 Å². The molecule has 4 nitrogen and oxygen atoms in total. The number of anilines is 1. The Morgan fingerprint density at radius 3 is 2.33 bits per heavy atom. The van der Waals surface area contributed by atoms with E-state index in [4.69, 9.17) is 18.0 Å². The van der Waals surface area contributed by atoms with Gasteiger partial charge in [0.2, 0.25) is 0 Å². The predicted molar refractivity (Wildman–Crippen MR) is 89.1 cm³/mol. The first-order chi connectivity index (χ1) is 9.84. The van der Waals surface area contributed by atoms with Crippen molar-refractivity contribution in [3.05, 3.63) is 59.7 Å². The van der Waals surface area contributed by atoms with Crippen molar-refractivity contribution in [2.45, 2.75) is 11.8 Å². The van der Waals surface area contributed by atoms with Crippen LogP contribution in [0.3, 0.4) is 0 Å². The highest BCUT2D eigenvalue weighted by atomic mass is 32.2. The second kappa shape index (κ2) is 5.83. The van der Waals surface area contributed by atoms with E-state index >= 15 is 0 Å². The molecule has 0 bridgehead atoms. The van der Waals surface area contributed by atoms with Crippen molar-refractivity contribution >= 4 is 32.9 Å². The SMILES string of the molecule is Cc1ccc(C(N)=S)cc1S(=O)(=O)N(C)c1ccccc1. The smallest absolute Gasteiger partial charge is 0.264 e. The molecule has 0 aliphatic rings. The van der Waals surface area contributed by atoms with Gasteiger partial charge in [-0.2, -0.15) is 0 Å². The Morgan fingerprint density at radius 2 is 1.76 bits per heavy atom. The normalized spacial score (nSPS) is 11.1. The first kappa shape index (κ1) is 15.5. The van der Waals surface area contributed by atoms with Crippen LogP contribution in [0.1, 0.15) is 11.1 Å². The standard InChI is InChI=1S/C15H16N2O2S2/c1-11-8-9-12(15(16)20)10-14(11)21(18,19)17(2)13-6-4-3-5-7-13/h3-10H,1-2H3,(H2,16,20). The summed E-state index contributed by atoms with van der Waals surface area (Å²) >= 11 is 4.92. The van der Waals surface area contributed by atoms with Crippen LogP contribution in [0.15, 0.2) is 53.4 Å². The molecule has 110 valence electrons. The molecule has 2 N–H and O–H groups in total. The van der Waals surface area contributed by atoms with Crippen LogP contribution in [0.2, 0.25) is 0 Å². The van der Waals surface area contributed by atoms with Crippen LogP contribution in [-0.4, -0.2) is 20.5 Å². The Bertz CT molecular complexity index is 772. The summed E-state index contributed by atoms with van der Waals surface area (Å²) in [6, 6.07) is 13.8. The molecule has 0 amide bonds. The fourth-order valence-corrected chi connectivity index (χ4v) is 3.53. The topological polar surface area (TPSA) is 63.4 Å². The third-order valence-corrected chi connectivity index (χ3v) is 5.39. The Hall–Kier alpha value is -1.92. The summed E-state index contributed by atoms with van der Waals surface area (Å²) in [7, 11) is -2.14. The molecular formula is C15H16N2O2S2. The van der Waals surface area contributed by atoms with Gasteiger partial charge in [0.05, 0.1) is 10.6 Å².